The summed E-state index contributed by atoms with van der Waals surface area (Å²) in [6.45, 7) is 7.61. The van der Waals surface area contributed by atoms with Gasteiger partial charge in [0.15, 0.2) is 11.6 Å². The summed E-state index contributed by atoms with van der Waals surface area (Å²) in [6.07, 6.45) is 4.04. The largest absolute Gasteiger partial charge is 0.366 e. The summed E-state index contributed by atoms with van der Waals surface area (Å²) in [5.41, 5.74) is 9.43. The maximum atomic E-state index is 12.1. The Hall–Kier alpha value is -3.53. The van der Waals surface area contributed by atoms with Gasteiger partial charge in [-0.3, -0.25) is 19.3 Å². The van der Waals surface area contributed by atoms with Crippen LogP contribution in [0.25, 0.3) is 33.8 Å². The lowest BCUT2D eigenvalue weighted by atomic mass is 10.0. The quantitative estimate of drug-likeness (QED) is 0.409. The Morgan fingerprint density at radius 1 is 1.28 bits per heavy atom. The predicted octanol–water partition coefficient (Wildman–Crippen LogP) is 2.11. The van der Waals surface area contributed by atoms with E-state index in [0.717, 1.165) is 60.5 Å². The molecule has 1 saturated heterocycles. The Morgan fingerprint density at radius 2 is 2.16 bits per heavy atom. The number of nitrogens with zero attached hydrogens (tertiary/aromatic N) is 6. The van der Waals surface area contributed by atoms with Gasteiger partial charge in [-0.1, -0.05) is 0 Å². The van der Waals surface area contributed by atoms with Crippen LogP contribution in [0, 0.1) is 12.8 Å². The number of fused-ring (bicyclic) bond motifs is 1. The van der Waals surface area contributed by atoms with Gasteiger partial charge >= 0.3 is 0 Å². The minimum absolute atomic E-state index is 0.414. The summed E-state index contributed by atoms with van der Waals surface area (Å²) >= 11 is 0. The molecule has 0 unspecified atom stereocenters. The molecule has 0 radical (unpaired) electrons. The molecule has 4 aromatic rings. The predicted molar refractivity (Wildman–Crippen MR) is 121 cm³/mol. The van der Waals surface area contributed by atoms with Crippen LogP contribution in [0.15, 0.2) is 24.4 Å². The highest BCUT2D eigenvalue weighted by atomic mass is 16.1. The second kappa shape index (κ2) is 8.19. The molecular formula is C22H27N9O. The zero-order chi connectivity index (χ0) is 22.2. The van der Waals surface area contributed by atoms with Gasteiger partial charge in [-0.25, -0.2) is 4.98 Å². The second-order valence-corrected chi connectivity index (χ2v) is 8.33. The maximum Gasteiger partial charge on any atom is 0.248 e. The number of nitrogens with one attached hydrogen (secondary N) is 2. The smallest absolute Gasteiger partial charge is 0.248 e. The van der Waals surface area contributed by atoms with Crippen molar-refractivity contribution in [3.63, 3.8) is 0 Å². The maximum absolute atomic E-state index is 12.1. The van der Waals surface area contributed by atoms with Crippen molar-refractivity contribution in [1.29, 1.82) is 0 Å². The van der Waals surface area contributed by atoms with E-state index in [1.165, 1.54) is 6.42 Å². The van der Waals surface area contributed by atoms with Gasteiger partial charge in [-0.15, -0.1) is 0 Å². The third-order valence-electron chi connectivity index (χ3n) is 6.13. The zero-order valence-corrected chi connectivity index (χ0v) is 18.3. The van der Waals surface area contributed by atoms with E-state index in [-0.39, 0.29) is 0 Å². The third kappa shape index (κ3) is 3.66. The molecule has 1 aliphatic rings. The van der Waals surface area contributed by atoms with Gasteiger partial charge in [0, 0.05) is 29.6 Å². The van der Waals surface area contributed by atoms with Crippen molar-refractivity contribution >= 4 is 16.8 Å². The van der Waals surface area contributed by atoms with Crippen LogP contribution in [-0.4, -0.2) is 53.7 Å². The molecule has 4 N–H and O–H groups in total. The minimum Gasteiger partial charge on any atom is -0.366 e. The van der Waals surface area contributed by atoms with E-state index in [4.69, 9.17) is 10.7 Å². The lowest BCUT2D eigenvalue weighted by Crippen LogP contribution is -2.13. The fourth-order valence-corrected chi connectivity index (χ4v) is 4.42. The van der Waals surface area contributed by atoms with E-state index in [0.29, 0.717) is 23.1 Å². The Morgan fingerprint density at radius 3 is 2.91 bits per heavy atom. The molecule has 3 aromatic heterocycles. The molecule has 1 amide bonds. The second-order valence-electron chi connectivity index (χ2n) is 8.33. The van der Waals surface area contributed by atoms with Crippen molar-refractivity contribution in [3.05, 3.63) is 35.7 Å². The summed E-state index contributed by atoms with van der Waals surface area (Å²) in [7, 11) is 0. The van der Waals surface area contributed by atoms with Crippen LogP contribution in [0.3, 0.4) is 0 Å². The molecule has 1 aromatic carbocycles. The van der Waals surface area contributed by atoms with Crippen LogP contribution < -0.4 is 11.1 Å². The van der Waals surface area contributed by atoms with E-state index in [9.17, 15) is 4.79 Å². The van der Waals surface area contributed by atoms with Gasteiger partial charge in [0.25, 0.3) is 0 Å². The van der Waals surface area contributed by atoms with Gasteiger partial charge in [0.1, 0.15) is 5.69 Å². The first-order valence-corrected chi connectivity index (χ1v) is 11.0. The van der Waals surface area contributed by atoms with Crippen molar-refractivity contribution in [2.45, 2.75) is 39.8 Å². The summed E-state index contributed by atoms with van der Waals surface area (Å²) in [6, 6.07) is 5.52. The normalized spacial score (nSPS) is 16.2. The van der Waals surface area contributed by atoms with Gasteiger partial charge in [-0.2, -0.15) is 15.3 Å². The number of benzene rings is 1. The highest BCUT2D eigenvalue weighted by molar-refractivity contribution is 6.02. The van der Waals surface area contributed by atoms with E-state index < -0.39 is 5.91 Å². The first-order valence-electron chi connectivity index (χ1n) is 11.0. The number of carbonyl (C=O) groups excluding carboxylic acids is 1. The molecule has 1 atom stereocenters. The Labute approximate surface area is 185 Å². The van der Waals surface area contributed by atoms with Gasteiger partial charge in [-0.05, 0) is 63.9 Å². The molecule has 0 spiro atoms. The molecule has 4 heterocycles. The van der Waals surface area contributed by atoms with Gasteiger partial charge in [0.2, 0.25) is 5.91 Å². The number of carbonyl (C=O) groups is 1. The number of hydrogen-bond acceptors (Lipinski definition) is 6. The van der Waals surface area contributed by atoms with Gasteiger partial charge < -0.3 is 11.1 Å². The molecule has 10 heteroatoms. The molecular weight excluding hydrogens is 406 g/mol. The number of aromatic amines is 1. The van der Waals surface area contributed by atoms with Crippen molar-refractivity contribution < 1.29 is 4.79 Å². The molecule has 1 aliphatic heterocycles. The Bertz CT molecular complexity index is 1280. The highest BCUT2D eigenvalue weighted by Gasteiger charge is 2.20. The highest BCUT2D eigenvalue weighted by Crippen LogP contribution is 2.30. The number of aromatic nitrogens is 7. The van der Waals surface area contributed by atoms with Crippen LogP contribution in [0.4, 0.5) is 0 Å². The first-order chi connectivity index (χ1) is 15.5. The fourth-order valence-electron chi connectivity index (χ4n) is 4.42. The van der Waals surface area contributed by atoms with Crippen LogP contribution in [0.5, 0.6) is 0 Å². The number of nitrogens with two attached hydrogens (primary N) is 1. The van der Waals surface area contributed by atoms with E-state index >= 15 is 0 Å². The van der Waals surface area contributed by atoms with Crippen LogP contribution in [0.2, 0.25) is 0 Å². The van der Waals surface area contributed by atoms with Crippen molar-refractivity contribution in [2.75, 3.05) is 13.1 Å². The molecule has 5 rings (SSSR count). The first kappa shape index (κ1) is 20.4. The number of primary amides is 1. The minimum atomic E-state index is -0.490. The number of aryl methyl sites for hydroxylation is 3. The van der Waals surface area contributed by atoms with Crippen LogP contribution in [-0.2, 0) is 13.1 Å². The molecule has 32 heavy (non-hydrogen) atoms. The number of H-pyrrole nitrogens is 1. The monoisotopic (exact) mass is 433 g/mol. The lowest BCUT2D eigenvalue weighted by Gasteiger charge is -2.10. The molecule has 1 fully saturated rings. The third-order valence-corrected chi connectivity index (χ3v) is 6.13. The molecule has 0 saturated carbocycles. The van der Waals surface area contributed by atoms with Crippen LogP contribution in [0.1, 0.15) is 35.8 Å². The van der Waals surface area contributed by atoms with Crippen molar-refractivity contribution in [3.8, 4) is 22.9 Å². The zero-order valence-electron chi connectivity index (χ0n) is 18.3. The molecule has 0 bridgehead atoms. The fraction of sp³-hybridized carbons (Fsp3) is 0.409. The van der Waals surface area contributed by atoms with Crippen LogP contribution >= 0.6 is 0 Å². The summed E-state index contributed by atoms with van der Waals surface area (Å²) in [5, 5.41) is 20.8. The molecule has 166 valence electrons. The summed E-state index contributed by atoms with van der Waals surface area (Å²) in [4.78, 5) is 16.8. The van der Waals surface area contributed by atoms with E-state index in [2.05, 4.69) is 25.7 Å². The Kier molecular flexibility index (Phi) is 5.22. The number of hydrogen-bond donors (Lipinski definition) is 3. The number of amides is 1. The molecule has 10 nitrogen and oxygen atoms in total. The molecule has 0 aliphatic carbocycles. The summed E-state index contributed by atoms with van der Waals surface area (Å²) < 4.78 is 3.83. The standard InChI is InChI=1S/C22H27N9O/c1-3-30-19(8-13(2)29-30)22-26-21(27-28-22)16-9-15(20(23)32)10-18-17(16)12-25-31(18)7-5-14-4-6-24-11-14/h8-10,12,14,24H,3-7,11H2,1-2H3,(H2,23,32)(H,26,27,28)/t14-/m0/s1. The van der Waals surface area contributed by atoms with Gasteiger partial charge in [0.05, 0.1) is 17.4 Å². The van der Waals surface area contributed by atoms with Crippen molar-refractivity contribution in [1.82, 2.24) is 40.1 Å². The van der Waals surface area contributed by atoms with E-state index in [1.54, 1.807) is 6.07 Å². The lowest BCUT2D eigenvalue weighted by molar-refractivity contribution is 0.100. The Balaban J connectivity index is 1.54. The van der Waals surface area contributed by atoms with Crippen molar-refractivity contribution in [2.24, 2.45) is 11.7 Å². The average Bonchev–Trinajstić information content (AvgIpc) is 3.57. The topological polar surface area (TPSA) is 132 Å². The summed E-state index contributed by atoms with van der Waals surface area (Å²) in [5.74, 6) is 1.28. The average molecular weight is 434 g/mol. The van der Waals surface area contributed by atoms with E-state index in [1.807, 2.05) is 41.5 Å². The number of rotatable bonds is 7. The SMILES string of the molecule is CCn1nc(C)cc1-c1nc(-c2cc(C(N)=O)cc3c2cnn3CC[C@@H]2CCNC2)n[nH]1.